The van der Waals surface area contributed by atoms with Crippen LogP contribution in [0.5, 0.6) is 0 Å². The topological polar surface area (TPSA) is 25.8 Å². The molecule has 1 aromatic heterocycles. The van der Waals surface area contributed by atoms with Crippen molar-refractivity contribution in [1.82, 2.24) is 9.97 Å². The summed E-state index contributed by atoms with van der Waals surface area (Å²) >= 11 is 13.5. The monoisotopic (exact) mass is 284 g/mol. The minimum atomic E-state index is 0.421. The van der Waals surface area contributed by atoms with Crippen LogP contribution in [0.4, 0.5) is 0 Å². The van der Waals surface area contributed by atoms with Crippen LogP contribution in [0.1, 0.15) is 11.3 Å². The van der Waals surface area contributed by atoms with Gasteiger partial charge in [0.05, 0.1) is 18.1 Å². The van der Waals surface area contributed by atoms with Crippen LogP contribution < -0.4 is 0 Å². The van der Waals surface area contributed by atoms with Gasteiger partial charge in [-0.15, -0.1) is 0 Å². The molecule has 0 N–H and O–H groups in total. The Bertz CT molecular complexity index is 488. The second kappa shape index (κ2) is 6.24. The van der Waals surface area contributed by atoms with Crippen LogP contribution >= 0.6 is 35.0 Å². The molecule has 0 saturated carbocycles. The van der Waals surface area contributed by atoms with Crippen LogP contribution in [-0.2, 0) is 11.5 Å². The van der Waals surface area contributed by atoms with Crippen LogP contribution in [-0.4, -0.2) is 9.97 Å². The molecule has 1 aromatic carbocycles. The summed E-state index contributed by atoms with van der Waals surface area (Å²) in [6.07, 6.45) is 3.26. The van der Waals surface area contributed by atoms with E-state index in [1.165, 1.54) is 0 Å². The molecule has 1 heterocycles. The fourth-order valence-corrected chi connectivity index (χ4v) is 2.61. The van der Waals surface area contributed by atoms with Crippen LogP contribution in [0.25, 0.3) is 0 Å². The third-order valence-electron chi connectivity index (χ3n) is 2.14. The van der Waals surface area contributed by atoms with E-state index >= 15 is 0 Å². The molecule has 0 fully saturated rings. The molecular formula is C12H10Cl2N2S. The van der Waals surface area contributed by atoms with Gasteiger partial charge >= 0.3 is 0 Å². The summed E-state index contributed by atoms with van der Waals surface area (Å²) in [6.45, 7) is 0. The van der Waals surface area contributed by atoms with Crippen molar-refractivity contribution < 1.29 is 0 Å². The molecule has 2 nitrogen and oxygen atoms in total. The number of hydrogen-bond acceptors (Lipinski definition) is 3. The van der Waals surface area contributed by atoms with Gasteiger partial charge in [-0.2, -0.15) is 11.8 Å². The Morgan fingerprint density at radius 1 is 1.00 bits per heavy atom. The fourth-order valence-electron chi connectivity index (χ4n) is 1.29. The van der Waals surface area contributed by atoms with Gasteiger partial charge in [-0.1, -0.05) is 41.4 Å². The first-order valence-electron chi connectivity index (χ1n) is 5.03. The number of rotatable bonds is 4. The lowest BCUT2D eigenvalue weighted by atomic mass is 10.2. The highest BCUT2D eigenvalue weighted by Crippen LogP contribution is 2.22. The third-order valence-corrected chi connectivity index (χ3v) is 3.72. The second-order valence-electron chi connectivity index (χ2n) is 3.41. The summed E-state index contributed by atoms with van der Waals surface area (Å²) in [5, 5.41) is 1.23. The molecule has 0 aliphatic heterocycles. The number of halogens is 2. The Hall–Kier alpha value is -0.770. The lowest BCUT2D eigenvalue weighted by molar-refractivity contribution is 1.10. The lowest BCUT2D eigenvalue weighted by Crippen LogP contribution is -1.89. The molecule has 0 aliphatic rings. The van der Waals surface area contributed by atoms with E-state index in [-0.39, 0.29) is 0 Å². The van der Waals surface area contributed by atoms with Crippen LogP contribution in [0.15, 0.2) is 36.7 Å². The molecule has 0 saturated heterocycles. The van der Waals surface area contributed by atoms with Crippen LogP contribution in [0, 0.1) is 0 Å². The molecule has 17 heavy (non-hydrogen) atoms. The lowest BCUT2D eigenvalue weighted by Gasteiger charge is -2.03. The average Bonchev–Trinajstić information content (AvgIpc) is 2.34. The summed E-state index contributed by atoms with van der Waals surface area (Å²) in [7, 11) is 0. The predicted octanol–water partition coefficient (Wildman–Crippen LogP) is 4.22. The number of thioether (sulfide) groups is 1. The summed E-state index contributed by atoms with van der Waals surface area (Å²) in [6, 6.07) is 7.85. The van der Waals surface area contributed by atoms with Crippen molar-refractivity contribution in [3.05, 3.63) is 58.1 Å². The molecule has 2 aromatic rings. The van der Waals surface area contributed by atoms with Crippen molar-refractivity contribution in [3.63, 3.8) is 0 Å². The first kappa shape index (κ1) is 12.7. The zero-order valence-electron chi connectivity index (χ0n) is 8.94. The van der Waals surface area contributed by atoms with Gasteiger partial charge in [0.25, 0.3) is 0 Å². The fraction of sp³-hybridized carbons (Fsp3) is 0.167. The maximum atomic E-state index is 6.07. The molecule has 0 atom stereocenters. The van der Waals surface area contributed by atoms with E-state index in [2.05, 4.69) is 9.97 Å². The maximum Gasteiger partial charge on any atom is 0.147 e. The first-order chi connectivity index (χ1) is 8.25. The van der Waals surface area contributed by atoms with Crippen molar-refractivity contribution in [2.45, 2.75) is 11.5 Å². The largest absolute Gasteiger partial charge is 0.256 e. The van der Waals surface area contributed by atoms with Gasteiger partial charge in [0.15, 0.2) is 0 Å². The zero-order chi connectivity index (χ0) is 12.1. The molecule has 0 bridgehead atoms. The van der Waals surface area contributed by atoms with Gasteiger partial charge in [0, 0.05) is 16.5 Å². The Morgan fingerprint density at radius 2 is 1.82 bits per heavy atom. The first-order valence-corrected chi connectivity index (χ1v) is 6.94. The normalized spacial score (nSPS) is 10.5. The van der Waals surface area contributed by atoms with Crippen molar-refractivity contribution in [3.8, 4) is 0 Å². The Balaban J connectivity index is 1.88. The van der Waals surface area contributed by atoms with E-state index in [1.54, 1.807) is 24.2 Å². The van der Waals surface area contributed by atoms with Crippen molar-refractivity contribution in [1.29, 1.82) is 0 Å². The number of hydrogen-bond donors (Lipinski definition) is 0. The van der Waals surface area contributed by atoms with Gasteiger partial charge < -0.3 is 0 Å². The molecule has 0 amide bonds. The highest BCUT2D eigenvalue weighted by atomic mass is 35.5. The molecule has 5 heteroatoms. The predicted molar refractivity (Wildman–Crippen MR) is 73.5 cm³/mol. The van der Waals surface area contributed by atoms with Crippen LogP contribution in [0.2, 0.25) is 10.2 Å². The molecular weight excluding hydrogens is 275 g/mol. The Labute approximate surface area is 114 Å². The van der Waals surface area contributed by atoms with Crippen molar-refractivity contribution in [2.75, 3.05) is 0 Å². The Morgan fingerprint density at radius 3 is 2.53 bits per heavy atom. The number of nitrogens with zero attached hydrogens (tertiary/aromatic N) is 2. The highest BCUT2D eigenvalue weighted by Gasteiger charge is 2.01. The molecule has 0 radical (unpaired) electrons. The van der Waals surface area contributed by atoms with E-state index in [4.69, 9.17) is 23.2 Å². The van der Waals surface area contributed by atoms with E-state index in [1.807, 2.05) is 24.3 Å². The van der Waals surface area contributed by atoms with Crippen molar-refractivity contribution >= 4 is 35.0 Å². The molecule has 0 aliphatic carbocycles. The van der Waals surface area contributed by atoms with Gasteiger partial charge in [-0.25, -0.2) is 4.98 Å². The van der Waals surface area contributed by atoms with E-state index in [0.717, 1.165) is 27.8 Å². The number of benzene rings is 1. The second-order valence-corrected chi connectivity index (χ2v) is 5.19. The van der Waals surface area contributed by atoms with Crippen LogP contribution in [0.3, 0.4) is 0 Å². The SMILES string of the molecule is Clc1cnc(CSCc2ccccc2Cl)cn1. The van der Waals surface area contributed by atoms with E-state index in [0.29, 0.717) is 5.15 Å². The maximum absolute atomic E-state index is 6.07. The smallest absolute Gasteiger partial charge is 0.147 e. The third kappa shape index (κ3) is 3.87. The highest BCUT2D eigenvalue weighted by molar-refractivity contribution is 7.97. The summed E-state index contributed by atoms with van der Waals surface area (Å²) in [5.74, 6) is 1.67. The van der Waals surface area contributed by atoms with Gasteiger partial charge in [-0.05, 0) is 11.6 Å². The van der Waals surface area contributed by atoms with Crippen molar-refractivity contribution in [2.24, 2.45) is 0 Å². The van der Waals surface area contributed by atoms with Gasteiger partial charge in [0.1, 0.15) is 5.15 Å². The van der Waals surface area contributed by atoms with E-state index < -0.39 is 0 Å². The minimum absolute atomic E-state index is 0.421. The summed E-state index contributed by atoms with van der Waals surface area (Å²) in [4.78, 5) is 8.17. The average molecular weight is 285 g/mol. The van der Waals surface area contributed by atoms with Gasteiger partial charge in [0.2, 0.25) is 0 Å². The molecule has 0 unspecified atom stereocenters. The number of aromatic nitrogens is 2. The molecule has 88 valence electrons. The van der Waals surface area contributed by atoms with E-state index in [9.17, 15) is 0 Å². The quantitative estimate of drug-likeness (QED) is 0.841. The molecule has 2 rings (SSSR count). The standard InChI is InChI=1S/C12H10Cl2N2S/c13-11-4-2-1-3-9(11)7-17-8-10-5-16-12(14)6-15-10/h1-6H,7-8H2. The summed E-state index contributed by atoms with van der Waals surface area (Å²) in [5.41, 5.74) is 2.06. The zero-order valence-corrected chi connectivity index (χ0v) is 11.3. The molecule has 0 spiro atoms. The minimum Gasteiger partial charge on any atom is -0.256 e. The summed E-state index contributed by atoms with van der Waals surface area (Å²) < 4.78 is 0. The van der Waals surface area contributed by atoms with Gasteiger partial charge in [-0.3, -0.25) is 4.98 Å². The Kier molecular flexibility index (Phi) is 4.66.